The minimum absolute atomic E-state index is 0.0304. The maximum atomic E-state index is 12.6. The summed E-state index contributed by atoms with van der Waals surface area (Å²) in [6, 6.07) is 4.25. The van der Waals surface area contributed by atoms with Crippen LogP contribution in [-0.2, 0) is 19.6 Å². The van der Waals surface area contributed by atoms with Crippen LogP contribution in [0.3, 0.4) is 0 Å². The van der Waals surface area contributed by atoms with E-state index in [1.807, 2.05) is 0 Å². The number of hydrogen-bond donors (Lipinski definition) is 1. The molecule has 0 aliphatic carbocycles. The molecule has 0 radical (unpaired) electrons. The first-order valence-electron chi connectivity index (χ1n) is 7.28. The zero-order valence-corrected chi connectivity index (χ0v) is 13.8. The van der Waals surface area contributed by atoms with Gasteiger partial charge in [-0.15, -0.1) is 0 Å². The minimum atomic E-state index is -3.83. The van der Waals surface area contributed by atoms with Crippen LogP contribution in [0.2, 0.25) is 0 Å². The van der Waals surface area contributed by atoms with E-state index >= 15 is 0 Å². The molecule has 126 valence electrons. The van der Waals surface area contributed by atoms with Gasteiger partial charge in [-0.1, -0.05) is 6.07 Å². The van der Waals surface area contributed by atoms with Crippen molar-refractivity contribution in [2.24, 2.45) is 5.92 Å². The van der Waals surface area contributed by atoms with Gasteiger partial charge in [-0.25, -0.2) is 13.2 Å². The number of ether oxygens (including phenoxy) is 1. The lowest BCUT2D eigenvalue weighted by Gasteiger charge is -2.17. The molecular weight excluding hydrogens is 322 g/mol. The fourth-order valence-corrected chi connectivity index (χ4v) is 4.01. The van der Waals surface area contributed by atoms with E-state index in [0.29, 0.717) is 5.56 Å². The molecule has 1 aromatic carbocycles. The fraction of sp³-hybridized carbons (Fsp3) is 0.467. The summed E-state index contributed by atoms with van der Waals surface area (Å²) in [5.74, 6) is -2.27. The molecule has 8 heteroatoms. The number of carbonyl (C=O) groups excluding carboxylic acids is 1. The highest BCUT2D eigenvalue weighted by Crippen LogP contribution is 2.26. The Balaban J connectivity index is 2.32. The molecule has 1 fully saturated rings. The van der Waals surface area contributed by atoms with Gasteiger partial charge in [0.25, 0.3) is 0 Å². The molecule has 1 atom stereocenters. The van der Waals surface area contributed by atoms with Gasteiger partial charge in [-0.2, -0.15) is 4.31 Å². The number of aryl methyl sites for hydroxylation is 1. The van der Waals surface area contributed by atoms with Gasteiger partial charge in [-0.3, -0.25) is 4.79 Å². The SMILES string of the molecule is CCOC(=O)c1cc(S(=O)(=O)N2CCC(C(=O)O)C2)ccc1C. The molecule has 7 nitrogen and oxygen atoms in total. The predicted molar refractivity (Wildman–Crippen MR) is 81.6 cm³/mol. The topological polar surface area (TPSA) is 101 Å². The Bertz CT molecular complexity index is 727. The standard InChI is InChI=1S/C15H19NO6S/c1-3-22-15(19)13-8-12(5-4-10(13)2)23(20,21)16-7-6-11(9-16)14(17)18/h4-5,8,11H,3,6-7,9H2,1-2H3,(H,17,18). The molecule has 0 saturated carbocycles. The van der Waals surface area contributed by atoms with Crippen LogP contribution in [0.25, 0.3) is 0 Å². The van der Waals surface area contributed by atoms with Crippen LogP contribution in [-0.4, -0.2) is 49.5 Å². The highest BCUT2D eigenvalue weighted by atomic mass is 32.2. The lowest BCUT2D eigenvalue weighted by atomic mass is 10.1. The number of rotatable bonds is 5. The Kier molecular flexibility index (Phi) is 5.06. The number of carboxylic acid groups (broad SMARTS) is 1. The third-order valence-electron chi connectivity index (χ3n) is 3.84. The van der Waals surface area contributed by atoms with Gasteiger partial charge in [0.15, 0.2) is 0 Å². The summed E-state index contributed by atoms with van der Waals surface area (Å²) in [5, 5.41) is 9.00. The van der Waals surface area contributed by atoms with Gasteiger partial charge < -0.3 is 9.84 Å². The van der Waals surface area contributed by atoms with Crippen LogP contribution in [0.1, 0.15) is 29.3 Å². The molecule has 1 unspecified atom stereocenters. The Morgan fingerprint density at radius 2 is 2.09 bits per heavy atom. The summed E-state index contributed by atoms with van der Waals surface area (Å²) >= 11 is 0. The van der Waals surface area contributed by atoms with Crippen molar-refractivity contribution in [1.29, 1.82) is 0 Å². The minimum Gasteiger partial charge on any atom is -0.481 e. The molecule has 23 heavy (non-hydrogen) atoms. The van der Waals surface area contributed by atoms with Crippen molar-refractivity contribution < 1.29 is 27.9 Å². The number of sulfonamides is 1. The Hall–Kier alpha value is -1.93. The average Bonchev–Trinajstić information content (AvgIpc) is 2.98. The van der Waals surface area contributed by atoms with Crippen LogP contribution in [0.5, 0.6) is 0 Å². The molecule has 2 rings (SSSR count). The molecule has 1 heterocycles. The van der Waals surface area contributed by atoms with Gasteiger partial charge >= 0.3 is 11.9 Å². The molecule has 0 aromatic heterocycles. The van der Waals surface area contributed by atoms with Crippen molar-refractivity contribution in [2.45, 2.75) is 25.2 Å². The van der Waals surface area contributed by atoms with Gasteiger partial charge in [0.1, 0.15) is 0 Å². The summed E-state index contributed by atoms with van der Waals surface area (Å²) in [7, 11) is -3.83. The number of esters is 1. The number of hydrogen-bond acceptors (Lipinski definition) is 5. The number of carboxylic acids is 1. The Morgan fingerprint density at radius 3 is 2.65 bits per heavy atom. The van der Waals surface area contributed by atoms with Crippen molar-refractivity contribution >= 4 is 22.0 Å². The second-order valence-electron chi connectivity index (χ2n) is 5.38. The van der Waals surface area contributed by atoms with Crippen LogP contribution >= 0.6 is 0 Å². The first-order valence-corrected chi connectivity index (χ1v) is 8.72. The van der Waals surface area contributed by atoms with Gasteiger partial charge in [-0.05, 0) is 38.0 Å². The van der Waals surface area contributed by atoms with Gasteiger partial charge in [0.2, 0.25) is 10.0 Å². The summed E-state index contributed by atoms with van der Waals surface area (Å²) in [6.07, 6.45) is 0.283. The highest BCUT2D eigenvalue weighted by molar-refractivity contribution is 7.89. The maximum Gasteiger partial charge on any atom is 0.338 e. The predicted octanol–water partition coefficient (Wildman–Crippen LogP) is 1.27. The summed E-state index contributed by atoms with van der Waals surface area (Å²) in [6.45, 7) is 3.66. The summed E-state index contributed by atoms with van der Waals surface area (Å²) in [4.78, 5) is 22.9. The average molecular weight is 341 g/mol. The van der Waals surface area contributed by atoms with E-state index in [1.54, 1.807) is 19.9 Å². The van der Waals surface area contributed by atoms with E-state index in [-0.39, 0.29) is 36.6 Å². The van der Waals surface area contributed by atoms with E-state index in [2.05, 4.69) is 0 Å². The largest absolute Gasteiger partial charge is 0.481 e. The van der Waals surface area contributed by atoms with Crippen molar-refractivity contribution in [1.82, 2.24) is 4.31 Å². The van der Waals surface area contributed by atoms with Crippen LogP contribution in [0, 0.1) is 12.8 Å². The normalized spacial score (nSPS) is 18.8. The number of benzene rings is 1. The third kappa shape index (κ3) is 3.53. The van der Waals surface area contributed by atoms with Crippen molar-refractivity contribution in [3.63, 3.8) is 0 Å². The van der Waals surface area contributed by atoms with E-state index < -0.39 is 27.9 Å². The second kappa shape index (κ2) is 6.67. The van der Waals surface area contributed by atoms with E-state index in [1.165, 1.54) is 12.1 Å². The van der Waals surface area contributed by atoms with Crippen molar-refractivity contribution in [3.8, 4) is 0 Å². The van der Waals surface area contributed by atoms with Gasteiger partial charge in [0, 0.05) is 13.1 Å². The Labute approximate surface area is 134 Å². The van der Waals surface area contributed by atoms with E-state index in [0.717, 1.165) is 4.31 Å². The maximum absolute atomic E-state index is 12.6. The molecule has 0 spiro atoms. The third-order valence-corrected chi connectivity index (χ3v) is 5.70. The molecule has 0 bridgehead atoms. The molecule has 1 N–H and O–H groups in total. The summed E-state index contributed by atoms with van der Waals surface area (Å²) in [5.41, 5.74) is 0.814. The molecule has 1 aliphatic heterocycles. The van der Waals surface area contributed by atoms with Gasteiger partial charge in [0.05, 0.1) is 23.0 Å². The van der Waals surface area contributed by atoms with Crippen LogP contribution in [0.15, 0.2) is 23.1 Å². The zero-order valence-electron chi connectivity index (χ0n) is 13.0. The number of carbonyl (C=O) groups is 2. The molecule has 1 aliphatic rings. The number of aliphatic carboxylic acids is 1. The smallest absolute Gasteiger partial charge is 0.338 e. The van der Waals surface area contributed by atoms with Crippen molar-refractivity contribution in [2.75, 3.05) is 19.7 Å². The number of nitrogens with zero attached hydrogens (tertiary/aromatic N) is 1. The Morgan fingerprint density at radius 1 is 1.39 bits per heavy atom. The zero-order chi connectivity index (χ0) is 17.2. The second-order valence-corrected chi connectivity index (χ2v) is 7.32. The van der Waals surface area contributed by atoms with Crippen molar-refractivity contribution in [3.05, 3.63) is 29.3 Å². The molecule has 0 amide bonds. The fourth-order valence-electron chi connectivity index (χ4n) is 2.49. The molecule has 1 saturated heterocycles. The highest BCUT2D eigenvalue weighted by Gasteiger charge is 2.36. The molecular formula is C15H19NO6S. The lowest BCUT2D eigenvalue weighted by Crippen LogP contribution is -2.30. The first-order chi connectivity index (χ1) is 10.8. The summed E-state index contributed by atoms with van der Waals surface area (Å²) < 4.78 is 31.3. The van der Waals surface area contributed by atoms with Crippen LogP contribution < -0.4 is 0 Å². The first kappa shape index (κ1) is 17.4. The quantitative estimate of drug-likeness (QED) is 0.809. The van der Waals surface area contributed by atoms with E-state index in [9.17, 15) is 18.0 Å². The van der Waals surface area contributed by atoms with Crippen LogP contribution in [0.4, 0.5) is 0 Å². The monoisotopic (exact) mass is 341 g/mol. The molecule has 1 aromatic rings. The lowest BCUT2D eigenvalue weighted by molar-refractivity contribution is -0.141. The van der Waals surface area contributed by atoms with E-state index in [4.69, 9.17) is 9.84 Å².